The van der Waals surface area contributed by atoms with E-state index in [9.17, 15) is 0 Å². The second kappa shape index (κ2) is 5.33. The van der Waals surface area contributed by atoms with Crippen LogP contribution in [0.25, 0.3) is 0 Å². The second-order valence-corrected chi connectivity index (χ2v) is 5.24. The molecule has 0 spiro atoms. The lowest BCUT2D eigenvalue weighted by atomic mass is 10.1. The molecule has 0 heterocycles. The lowest BCUT2D eigenvalue weighted by Gasteiger charge is -2.12. The SMILES string of the molecule is Cc1cc(Oc2cc(Br)ccc2C#N)c(C)cc1N. The fraction of sp³-hybridized carbons (Fsp3) is 0.133. The Morgan fingerprint density at radius 2 is 1.84 bits per heavy atom. The zero-order chi connectivity index (χ0) is 14.0. The highest BCUT2D eigenvalue weighted by Gasteiger charge is 2.09. The first-order valence-electron chi connectivity index (χ1n) is 5.75. The Bertz CT molecular complexity index is 675. The van der Waals surface area contributed by atoms with Crippen molar-refractivity contribution in [3.63, 3.8) is 0 Å². The first-order valence-corrected chi connectivity index (χ1v) is 6.55. The first kappa shape index (κ1) is 13.4. The third-order valence-corrected chi connectivity index (χ3v) is 3.34. The first-order chi connectivity index (χ1) is 9.01. The van der Waals surface area contributed by atoms with Gasteiger partial charge >= 0.3 is 0 Å². The van der Waals surface area contributed by atoms with Gasteiger partial charge in [-0.1, -0.05) is 15.9 Å². The van der Waals surface area contributed by atoms with Gasteiger partial charge in [0.05, 0.1) is 5.56 Å². The van der Waals surface area contributed by atoms with Gasteiger partial charge in [-0.3, -0.25) is 0 Å². The fourth-order valence-corrected chi connectivity index (χ4v) is 2.05. The summed E-state index contributed by atoms with van der Waals surface area (Å²) in [5, 5.41) is 9.09. The molecule has 96 valence electrons. The Morgan fingerprint density at radius 1 is 1.11 bits per heavy atom. The highest BCUT2D eigenvalue weighted by molar-refractivity contribution is 9.10. The van der Waals surface area contributed by atoms with E-state index in [-0.39, 0.29) is 0 Å². The van der Waals surface area contributed by atoms with Crippen LogP contribution in [0.3, 0.4) is 0 Å². The number of anilines is 1. The Hall–Kier alpha value is -1.99. The molecule has 2 N–H and O–H groups in total. The summed E-state index contributed by atoms with van der Waals surface area (Å²) in [5.41, 5.74) is 8.97. The molecule has 0 bridgehead atoms. The Balaban J connectivity index is 2.45. The van der Waals surface area contributed by atoms with Gasteiger partial charge < -0.3 is 10.5 Å². The van der Waals surface area contributed by atoms with Gasteiger partial charge in [0.2, 0.25) is 0 Å². The van der Waals surface area contributed by atoms with Crippen LogP contribution < -0.4 is 10.5 Å². The third-order valence-electron chi connectivity index (χ3n) is 2.85. The largest absolute Gasteiger partial charge is 0.456 e. The van der Waals surface area contributed by atoms with Gasteiger partial charge in [-0.15, -0.1) is 0 Å². The molecule has 0 aliphatic rings. The summed E-state index contributed by atoms with van der Waals surface area (Å²) in [7, 11) is 0. The maximum atomic E-state index is 9.09. The molecule has 2 rings (SSSR count). The zero-order valence-corrected chi connectivity index (χ0v) is 12.3. The minimum atomic E-state index is 0.497. The number of nitrogens with two attached hydrogens (primary N) is 1. The van der Waals surface area contributed by atoms with E-state index >= 15 is 0 Å². The number of hydrogen-bond donors (Lipinski definition) is 1. The summed E-state index contributed by atoms with van der Waals surface area (Å²) < 4.78 is 6.71. The minimum absolute atomic E-state index is 0.497. The van der Waals surface area contributed by atoms with E-state index in [1.807, 2.05) is 32.0 Å². The maximum Gasteiger partial charge on any atom is 0.146 e. The average Bonchev–Trinajstić information content (AvgIpc) is 2.36. The zero-order valence-electron chi connectivity index (χ0n) is 10.7. The van der Waals surface area contributed by atoms with Crippen LogP contribution in [0.4, 0.5) is 5.69 Å². The fourth-order valence-electron chi connectivity index (χ4n) is 1.71. The van der Waals surface area contributed by atoms with E-state index in [0.717, 1.165) is 21.3 Å². The molecule has 0 atom stereocenters. The number of nitrogen functional groups attached to an aromatic ring is 1. The molecule has 19 heavy (non-hydrogen) atoms. The Kier molecular flexibility index (Phi) is 3.77. The van der Waals surface area contributed by atoms with Crippen molar-refractivity contribution >= 4 is 21.6 Å². The van der Waals surface area contributed by atoms with Crippen molar-refractivity contribution in [2.24, 2.45) is 0 Å². The monoisotopic (exact) mass is 316 g/mol. The number of hydrogen-bond acceptors (Lipinski definition) is 3. The second-order valence-electron chi connectivity index (χ2n) is 4.33. The number of halogens is 1. The third kappa shape index (κ3) is 2.88. The molecule has 0 saturated heterocycles. The van der Waals surface area contributed by atoms with Crippen molar-refractivity contribution in [2.45, 2.75) is 13.8 Å². The topological polar surface area (TPSA) is 59.0 Å². The van der Waals surface area contributed by atoms with Crippen LogP contribution in [0.2, 0.25) is 0 Å². The number of nitrogens with zero attached hydrogens (tertiary/aromatic N) is 1. The number of aryl methyl sites for hydroxylation is 2. The summed E-state index contributed by atoms with van der Waals surface area (Å²) >= 11 is 3.37. The summed E-state index contributed by atoms with van der Waals surface area (Å²) in [4.78, 5) is 0. The van der Waals surface area contributed by atoms with Crippen LogP contribution in [-0.4, -0.2) is 0 Å². The molecule has 3 nitrogen and oxygen atoms in total. The van der Waals surface area contributed by atoms with Crippen molar-refractivity contribution in [3.8, 4) is 17.6 Å². The molecule has 0 amide bonds. The maximum absolute atomic E-state index is 9.09. The van der Waals surface area contributed by atoms with Crippen molar-refractivity contribution < 1.29 is 4.74 Å². The normalized spacial score (nSPS) is 10.0. The van der Waals surface area contributed by atoms with Crippen LogP contribution in [0.5, 0.6) is 11.5 Å². The van der Waals surface area contributed by atoms with Gasteiger partial charge in [0.25, 0.3) is 0 Å². The van der Waals surface area contributed by atoms with E-state index in [1.165, 1.54) is 0 Å². The van der Waals surface area contributed by atoms with Gasteiger partial charge in [0.1, 0.15) is 17.6 Å². The quantitative estimate of drug-likeness (QED) is 0.840. The van der Waals surface area contributed by atoms with Gasteiger partial charge in [0, 0.05) is 10.2 Å². The molecular weight excluding hydrogens is 304 g/mol. The van der Waals surface area contributed by atoms with Crippen LogP contribution in [-0.2, 0) is 0 Å². The van der Waals surface area contributed by atoms with Gasteiger partial charge in [-0.2, -0.15) is 5.26 Å². The smallest absolute Gasteiger partial charge is 0.146 e. The van der Waals surface area contributed by atoms with Gasteiger partial charge in [-0.05, 0) is 55.3 Å². The van der Waals surface area contributed by atoms with E-state index < -0.39 is 0 Å². The molecule has 0 aromatic heterocycles. The standard InChI is InChI=1S/C15H13BrN2O/c1-9-6-14(10(2)5-13(9)18)19-15-7-12(16)4-3-11(15)8-17/h3-7H,18H2,1-2H3. The number of nitriles is 1. The molecule has 0 aliphatic heterocycles. The predicted molar refractivity (Wildman–Crippen MR) is 79.3 cm³/mol. The van der Waals surface area contributed by atoms with Crippen LogP contribution in [0.1, 0.15) is 16.7 Å². The van der Waals surface area contributed by atoms with Crippen molar-refractivity contribution in [1.29, 1.82) is 5.26 Å². The van der Waals surface area contributed by atoms with Crippen molar-refractivity contribution in [1.82, 2.24) is 0 Å². The van der Waals surface area contributed by atoms with E-state index in [0.29, 0.717) is 17.1 Å². The van der Waals surface area contributed by atoms with Gasteiger partial charge in [-0.25, -0.2) is 0 Å². The summed E-state index contributed by atoms with van der Waals surface area (Å²) in [6.45, 7) is 3.85. The number of benzene rings is 2. The molecular formula is C15H13BrN2O. The minimum Gasteiger partial charge on any atom is -0.456 e. The lowest BCUT2D eigenvalue weighted by molar-refractivity contribution is 0.476. The van der Waals surface area contributed by atoms with Crippen LogP contribution in [0, 0.1) is 25.2 Å². The number of ether oxygens (including phenoxy) is 1. The number of rotatable bonds is 2. The average molecular weight is 317 g/mol. The summed E-state index contributed by atoms with van der Waals surface area (Å²) in [6.07, 6.45) is 0. The molecule has 0 unspecified atom stereocenters. The highest BCUT2D eigenvalue weighted by Crippen LogP contribution is 2.32. The van der Waals surface area contributed by atoms with Crippen molar-refractivity contribution in [2.75, 3.05) is 5.73 Å². The van der Waals surface area contributed by atoms with E-state index in [4.69, 9.17) is 15.7 Å². The summed E-state index contributed by atoms with van der Waals surface area (Å²) in [5.74, 6) is 1.24. The van der Waals surface area contributed by atoms with E-state index in [1.54, 1.807) is 12.1 Å². The molecule has 2 aromatic rings. The Labute approximate surface area is 120 Å². The Morgan fingerprint density at radius 3 is 2.53 bits per heavy atom. The predicted octanol–water partition coefficient (Wildman–Crippen LogP) is 4.31. The molecule has 0 saturated carbocycles. The van der Waals surface area contributed by atoms with E-state index in [2.05, 4.69) is 22.0 Å². The molecule has 2 aromatic carbocycles. The van der Waals surface area contributed by atoms with Crippen molar-refractivity contribution in [3.05, 3.63) is 51.5 Å². The van der Waals surface area contributed by atoms with Gasteiger partial charge in [0.15, 0.2) is 0 Å². The lowest BCUT2D eigenvalue weighted by Crippen LogP contribution is -1.95. The highest BCUT2D eigenvalue weighted by atomic mass is 79.9. The molecule has 0 radical (unpaired) electrons. The molecule has 0 fully saturated rings. The molecule has 4 heteroatoms. The summed E-state index contributed by atoms with van der Waals surface area (Å²) in [6, 6.07) is 11.2. The van der Waals surface area contributed by atoms with Crippen LogP contribution in [0.15, 0.2) is 34.8 Å². The molecule has 0 aliphatic carbocycles. The van der Waals surface area contributed by atoms with Crippen LogP contribution >= 0.6 is 15.9 Å².